The Morgan fingerprint density at radius 1 is 1.14 bits per heavy atom. The van der Waals surface area contributed by atoms with Gasteiger partial charge in [0, 0.05) is 18.9 Å². The van der Waals surface area contributed by atoms with Gasteiger partial charge in [0.05, 0.1) is 19.3 Å². The average molecular weight is 287 g/mol. The highest BCUT2D eigenvalue weighted by molar-refractivity contribution is 5.91. The Hall–Kier alpha value is -2.40. The lowest BCUT2D eigenvalue weighted by Crippen LogP contribution is -2.06. The van der Waals surface area contributed by atoms with Crippen LogP contribution in [0.4, 0.5) is 0 Å². The fourth-order valence-electron chi connectivity index (χ4n) is 1.88. The van der Waals surface area contributed by atoms with Gasteiger partial charge in [0.25, 0.3) is 0 Å². The second-order valence-electron chi connectivity index (χ2n) is 4.27. The fraction of sp³-hybridized carbons (Fsp3) is 0.250. The van der Waals surface area contributed by atoms with Gasteiger partial charge in [-0.3, -0.25) is 0 Å². The van der Waals surface area contributed by atoms with Crippen LogP contribution in [0.5, 0.6) is 5.88 Å². The van der Waals surface area contributed by atoms with Crippen molar-refractivity contribution in [2.75, 3.05) is 27.4 Å². The average Bonchev–Trinajstić information content (AvgIpc) is 2.55. The van der Waals surface area contributed by atoms with Crippen molar-refractivity contribution >= 4 is 5.97 Å². The molecule has 5 nitrogen and oxygen atoms in total. The molecule has 0 aliphatic carbocycles. The van der Waals surface area contributed by atoms with E-state index in [1.807, 2.05) is 18.2 Å². The lowest BCUT2D eigenvalue weighted by molar-refractivity contribution is 0.0601. The van der Waals surface area contributed by atoms with Crippen LogP contribution in [-0.2, 0) is 9.47 Å². The summed E-state index contributed by atoms with van der Waals surface area (Å²) in [5, 5.41) is 0. The predicted octanol–water partition coefficient (Wildman–Crippen LogP) is 2.56. The fourth-order valence-corrected chi connectivity index (χ4v) is 1.88. The van der Waals surface area contributed by atoms with E-state index in [1.54, 1.807) is 31.5 Å². The van der Waals surface area contributed by atoms with Crippen LogP contribution in [0.15, 0.2) is 42.6 Å². The number of rotatable bonds is 6. The van der Waals surface area contributed by atoms with Gasteiger partial charge in [-0.2, -0.15) is 0 Å². The van der Waals surface area contributed by atoms with Crippen LogP contribution >= 0.6 is 0 Å². The van der Waals surface area contributed by atoms with Crippen molar-refractivity contribution in [1.82, 2.24) is 4.98 Å². The molecule has 0 amide bonds. The van der Waals surface area contributed by atoms with Crippen LogP contribution in [0, 0.1) is 0 Å². The Balaban J connectivity index is 2.31. The third-order valence-electron chi connectivity index (χ3n) is 2.89. The van der Waals surface area contributed by atoms with Crippen molar-refractivity contribution in [1.29, 1.82) is 0 Å². The monoisotopic (exact) mass is 287 g/mol. The highest BCUT2D eigenvalue weighted by Gasteiger charge is 2.11. The number of aromatic nitrogens is 1. The van der Waals surface area contributed by atoms with Crippen molar-refractivity contribution in [2.24, 2.45) is 0 Å². The number of benzene rings is 1. The SMILES string of the molecule is COCCOc1ncccc1-c1cccc(C(=O)OC)c1. The van der Waals surface area contributed by atoms with Crippen molar-refractivity contribution in [3.05, 3.63) is 48.2 Å². The largest absolute Gasteiger partial charge is 0.475 e. The van der Waals surface area contributed by atoms with E-state index in [4.69, 9.17) is 14.2 Å². The second-order valence-corrected chi connectivity index (χ2v) is 4.27. The van der Waals surface area contributed by atoms with Gasteiger partial charge in [0.2, 0.25) is 5.88 Å². The molecular formula is C16H17NO4. The topological polar surface area (TPSA) is 57.7 Å². The molecule has 0 aliphatic heterocycles. The molecule has 0 radical (unpaired) electrons. The maximum atomic E-state index is 11.6. The molecule has 0 fully saturated rings. The zero-order valence-corrected chi connectivity index (χ0v) is 12.0. The summed E-state index contributed by atoms with van der Waals surface area (Å²) in [7, 11) is 2.97. The van der Waals surface area contributed by atoms with E-state index in [-0.39, 0.29) is 5.97 Å². The number of pyridine rings is 1. The third-order valence-corrected chi connectivity index (χ3v) is 2.89. The first kappa shape index (κ1) is 15.0. The molecule has 2 rings (SSSR count). The molecule has 0 atom stereocenters. The number of nitrogens with zero attached hydrogens (tertiary/aromatic N) is 1. The molecule has 0 bridgehead atoms. The zero-order chi connectivity index (χ0) is 15.1. The molecule has 1 heterocycles. The smallest absolute Gasteiger partial charge is 0.337 e. The third kappa shape index (κ3) is 3.79. The van der Waals surface area contributed by atoms with Crippen LogP contribution < -0.4 is 4.74 Å². The minimum Gasteiger partial charge on any atom is -0.475 e. The van der Waals surface area contributed by atoms with Crippen LogP contribution in [0.3, 0.4) is 0 Å². The number of carbonyl (C=O) groups excluding carboxylic acids is 1. The van der Waals surface area contributed by atoms with E-state index in [2.05, 4.69) is 4.98 Å². The zero-order valence-electron chi connectivity index (χ0n) is 12.0. The van der Waals surface area contributed by atoms with E-state index in [9.17, 15) is 4.79 Å². The Bertz CT molecular complexity index is 613. The van der Waals surface area contributed by atoms with Gasteiger partial charge < -0.3 is 14.2 Å². The lowest BCUT2D eigenvalue weighted by Gasteiger charge is -2.10. The number of carbonyl (C=O) groups is 1. The van der Waals surface area contributed by atoms with Crippen LogP contribution in [0.2, 0.25) is 0 Å². The quantitative estimate of drug-likeness (QED) is 0.603. The minimum absolute atomic E-state index is 0.373. The van der Waals surface area contributed by atoms with Gasteiger partial charge >= 0.3 is 5.97 Å². The van der Waals surface area contributed by atoms with Crippen LogP contribution in [0.1, 0.15) is 10.4 Å². The number of methoxy groups -OCH3 is 2. The highest BCUT2D eigenvalue weighted by Crippen LogP contribution is 2.28. The maximum absolute atomic E-state index is 11.6. The molecular weight excluding hydrogens is 270 g/mol. The van der Waals surface area contributed by atoms with E-state index < -0.39 is 0 Å². The Morgan fingerprint density at radius 2 is 2.00 bits per heavy atom. The Labute approximate surface area is 123 Å². The summed E-state index contributed by atoms with van der Waals surface area (Å²) in [6.07, 6.45) is 1.66. The molecule has 0 spiro atoms. The van der Waals surface area contributed by atoms with Gasteiger partial charge in [-0.05, 0) is 29.8 Å². The molecule has 1 aromatic heterocycles. The maximum Gasteiger partial charge on any atom is 0.337 e. The van der Waals surface area contributed by atoms with E-state index >= 15 is 0 Å². The molecule has 0 saturated carbocycles. The van der Waals surface area contributed by atoms with Crippen molar-refractivity contribution in [3.8, 4) is 17.0 Å². The molecule has 0 N–H and O–H groups in total. The highest BCUT2D eigenvalue weighted by atomic mass is 16.5. The number of hydrogen-bond donors (Lipinski definition) is 0. The van der Waals surface area contributed by atoms with Gasteiger partial charge in [-0.25, -0.2) is 9.78 Å². The van der Waals surface area contributed by atoms with Crippen LogP contribution in [-0.4, -0.2) is 38.4 Å². The summed E-state index contributed by atoms with van der Waals surface area (Å²) < 4.78 is 15.3. The number of esters is 1. The van der Waals surface area contributed by atoms with Gasteiger partial charge in [0.1, 0.15) is 6.61 Å². The predicted molar refractivity (Wildman–Crippen MR) is 78.4 cm³/mol. The number of hydrogen-bond acceptors (Lipinski definition) is 5. The van der Waals surface area contributed by atoms with Crippen molar-refractivity contribution < 1.29 is 19.0 Å². The first-order valence-electron chi connectivity index (χ1n) is 6.51. The summed E-state index contributed by atoms with van der Waals surface area (Å²) in [4.78, 5) is 15.8. The molecule has 0 unspecified atom stereocenters. The second kappa shape index (κ2) is 7.40. The standard InChI is InChI=1S/C16H17NO4/c1-19-9-10-21-15-14(7-4-8-17-15)12-5-3-6-13(11-12)16(18)20-2/h3-8,11H,9-10H2,1-2H3. The molecule has 1 aromatic carbocycles. The molecule has 2 aromatic rings. The lowest BCUT2D eigenvalue weighted by atomic mass is 10.0. The summed E-state index contributed by atoms with van der Waals surface area (Å²) >= 11 is 0. The summed E-state index contributed by atoms with van der Waals surface area (Å²) in [5.41, 5.74) is 2.15. The molecule has 110 valence electrons. The van der Waals surface area contributed by atoms with Crippen molar-refractivity contribution in [2.45, 2.75) is 0 Å². The molecule has 0 saturated heterocycles. The van der Waals surface area contributed by atoms with E-state index in [0.717, 1.165) is 11.1 Å². The first-order chi connectivity index (χ1) is 10.3. The van der Waals surface area contributed by atoms with Crippen LogP contribution in [0.25, 0.3) is 11.1 Å². The van der Waals surface area contributed by atoms with Crippen molar-refractivity contribution in [3.63, 3.8) is 0 Å². The molecule has 5 heteroatoms. The van der Waals surface area contributed by atoms with Gasteiger partial charge in [-0.15, -0.1) is 0 Å². The van der Waals surface area contributed by atoms with E-state index in [0.29, 0.717) is 24.7 Å². The van der Waals surface area contributed by atoms with Gasteiger partial charge in [0.15, 0.2) is 0 Å². The summed E-state index contributed by atoms with van der Waals surface area (Å²) in [6.45, 7) is 0.898. The summed E-state index contributed by atoms with van der Waals surface area (Å²) in [6, 6.07) is 10.9. The Morgan fingerprint density at radius 3 is 2.76 bits per heavy atom. The minimum atomic E-state index is -0.373. The van der Waals surface area contributed by atoms with Gasteiger partial charge in [-0.1, -0.05) is 12.1 Å². The molecule has 21 heavy (non-hydrogen) atoms. The summed E-state index contributed by atoms with van der Waals surface area (Å²) in [5.74, 6) is 0.138. The molecule has 0 aliphatic rings. The first-order valence-corrected chi connectivity index (χ1v) is 6.51. The normalized spacial score (nSPS) is 10.2. The van der Waals surface area contributed by atoms with E-state index in [1.165, 1.54) is 7.11 Å². The Kier molecular flexibility index (Phi) is 5.29. The number of ether oxygens (including phenoxy) is 3.